The summed E-state index contributed by atoms with van der Waals surface area (Å²) in [5.74, 6) is 3.87. The molecule has 0 saturated heterocycles. The van der Waals surface area contributed by atoms with E-state index in [1.54, 1.807) is 0 Å². The van der Waals surface area contributed by atoms with Gasteiger partial charge in [-0.2, -0.15) is 0 Å². The third-order valence-electron chi connectivity index (χ3n) is 6.16. The van der Waals surface area contributed by atoms with Crippen molar-refractivity contribution in [3.63, 3.8) is 0 Å². The van der Waals surface area contributed by atoms with Gasteiger partial charge in [-0.15, -0.1) is 0 Å². The lowest BCUT2D eigenvalue weighted by Gasteiger charge is -2.33. The van der Waals surface area contributed by atoms with Crippen LogP contribution < -0.4 is 9.47 Å². The molecule has 0 bridgehead atoms. The van der Waals surface area contributed by atoms with Gasteiger partial charge in [0.05, 0.1) is 0 Å². The molecule has 0 N–H and O–H groups in total. The summed E-state index contributed by atoms with van der Waals surface area (Å²) in [4.78, 5) is 0. The summed E-state index contributed by atoms with van der Waals surface area (Å²) in [7, 11) is 0. The number of hydrogen-bond donors (Lipinski definition) is 0. The van der Waals surface area contributed by atoms with Crippen molar-refractivity contribution in [3.05, 3.63) is 144 Å². The fourth-order valence-electron chi connectivity index (χ4n) is 4.62. The van der Waals surface area contributed by atoms with Crippen molar-refractivity contribution >= 4 is 11.5 Å². The third kappa shape index (κ3) is 3.30. The van der Waals surface area contributed by atoms with Crippen molar-refractivity contribution in [1.82, 2.24) is 0 Å². The maximum atomic E-state index is 6.35. The molecule has 0 amide bonds. The first kappa shape index (κ1) is 18.7. The lowest BCUT2D eigenvalue weighted by molar-refractivity contribution is 0.459. The first-order valence-electron chi connectivity index (χ1n) is 10.9. The average Bonchev–Trinajstić information content (AvgIpc) is 2.88. The Hall–Kier alpha value is -4.04. The van der Waals surface area contributed by atoms with Crippen LogP contribution in [-0.2, 0) is 0 Å². The van der Waals surface area contributed by atoms with Crippen LogP contribution in [0, 0.1) is 0 Å². The minimum atomic E-state index is 0.124. The second kappa shape index (κ2) is 7.90. The van der Waals surface area contributed by atoms with Crippen LogP contribution in [0.1, 0.15) is 34.1 Å². The molecular weight excluding hydrogens is 392 g/mol. The van der Waals surface area contributed by atoms with Gasteiger partial charge in [-0.05, 0) is 24.3 Å². The van der Waals surface area contributed by atoms with Crippen LogP contribution >= 0.6 is 0 Å². The third-order valence-corrected chi connectivity index (χ3v) is 6.16. The standard InChI is InChI=1S/C30H22O2/c1-3-11-21(12-4-1)29-19-25(23-15-7-9-17-27(23)31-29)26-20-30(22-13-5-2-6-14-22)32-28-18-10-8-16-24(26)28/h1-20,25-26H. The Balaban J connectivity index is 1.53. The van der Waals surface area contributed by atoms with Gasteiger partial charge in [-0.1, -0.05) is 97.1 Å². The van der Waals surface area contributed by atoms with Crippen molar-refractivity contribution in [1.29, 1.82) is 0 Å². The minimum absolute atomic E-state index is 0.124. The van der Waals surface area contributed by atoms with Gasteiger partial charge in [0, 0.05) is 34.1 Å². The molecule has 0 aromatic heterocycles. The van der Waals surface area contributed by atoms with Crippen LogP contribution in [0.3, 0.4) is 0 Å². The Morgan fingerprint density at radius 1 is 0.406 bits per heavy atom. The average molecular weight is 415 g/mol. The molecule has 0 radical (unpaired) electrons. The van der Waals surface area contributed by atoms with Gasteiger partial charge in [-0.25, -0.2) is 0 Å². The number of para-hydroxylation sites is 2. The van der Waals surface area contributed by atoms with Gasteiger partial charge < -0.3 is 9.47 Å². The van der Waals surface area contributed by atoms with E-state index in [2.05, 4.69) is 72.8 Å². The Bertz CT molecular complexity index is 1210. The first-order chi connectivity index (χ1) is 15.9. The van der Waals surface area contributed by atoms with E-state index in [0.29, 0.717) is 0 Å². The van der Waals surface area contributed by atoms with Gasteiger partial charge in [0.2, 0.25) is 0 Å². The zero-order valence-electron chi connectivity index (χ0n) is 17.5. The van der Waals surface area contributed by atoms with Gasteiger partial charge >= 0.3 is 0 Å². The molecule has 0 spiro atoms. The van der Waals surface area contributed by atoms with E-state index < -0.39 is 0 Å². The molecule has 32 heavy (non-hydrogen) atoms. The van der Waals surface area contributed by atoms with E-state index >= 15 is 0 Å². The Kier molecular flexibility index (Phi) is 4.62. The summed E-state index contributed by atoms with van der Waals surface area (Å²) in [5.41, 5.74) is 4.55. The van der Waals surface area contributed by atoms with Crippen LogP contribution in [-0.4, -0.2) is 0 Å². The molecule has 6 rings (SSSR count). The Morgan fingerprint density at radius 2 is 0.781 bits per heavy atom. The summed E-state index contributed by atoms with van der Waals surface area (Å²) in [5, 5.41) is 0. The molecule has 2 unspecified atom stereocenters. The predicted molar refractivity (Wildman–Crippen MR) is 128 cm³/mol. The smallest absolute Gasteiger partial charge is 0.131 e. The first-order valence-corrected chi connectivity index (χ1v) is 10.9. The molecule has 2 atom stereocenters. The van der Waals surface area contributed by atoms with Crippen molar-refractivity contribution in [2.45, 2.75) is 11.8 Å². The predicted octanol–water partition coefficient (Wildman–Crippen LogP) is 7.42. The lowest BCUT2D eigenvalue weighted by Crippen LogP contribution is -2.18. The normalized spacial score (nSPS) is 18.9. The highest BCUT2D eigenvalue weighted by Gasteiger charge is 2.33. The zero-order chi connectivity index (χ0) is 21.3. The summed E-state index contributed by atoms with van der Waals surface area (Å²) in [6.07, 6.45) is 4.53. The molecule has 0 saturated carbocycles. The molecular formula is C30H22O2. The highest BCUT2D eigenvalue weighted by atomic mass is 16.5. The number of fused-ring (bicyclic) bond motifs is 2. The second-order valence-corrected chi connectivity index (χ2v) is 8.13. The number of benzene rings is 4. The molecule has 2 aliphatic heterocycles. The maximum absolute atomic E-state index is 6.35. The Labute approximate surface area is 188 Å². The largest absolute Gasteiger partial charge is 0.457 e. The second-order valence-electron chi connectivity index (χ2n) is 8.13. The zero-order valence-corrected chi connectivity index (χ0v) is 17.5. The summed E-state index contributed by atoms with van der Waals surface area (Å²) >= 11 is 0. The van der Waals surface area contributed by atoms with Crippen LogP contribution in [0.15, 0.2) is 121 Å². The molecule has 4 aromatic carbocycles. The van der Waals surface area contributed by atoms with E-state index in [1.165, 1.54) is 11.1 Å². The number of allylic oxidation sites excluding steroid dienone is 2. The number of ether oxygens (including phenoxy) is 2. The van der Waals surface area contributed by atoms with Crippen LogP contribution in [0.25, 0.3) is 11.5 Å². The van der Waals surface area contributed by atoms with Gasteiger partial charge in [0.25, 0.3) is 0 Å². The monoisotopic (exact) mass is 414 g/mol. The van der Waals surface area contributed by atoms with Crippen molar-refractivity contribution in [2.24, 2.45) is 0 Å². The highest BCUT2D eigenvalue weighted by Crippen LogP contribution is 2.49. The fourth-order valence-corrected chi connectivity index (χ4v) is 4.62. The fraction of sp³-hybridized carbons (Fsp3) is 0.0667. The highest BCUT2D eigenvalue weighted by molar-refractivity contribution is 5.71. The number of rotatable bonds is 3. The van der Waals surface area contributed by atoms with Gasteiger partial charge in [-0.3, -0.25) is 0 Å². The molecule has 154 valence electrons. The molecule has 0 aliphatic carbocycles. The minimum Gasteiger partial charge on any atom is -0.457 e. The number of hydrogen-bond acceptors (Lipinski definition) is 2. The summed E-state index contributed by atoms with van der Waals surface area (Å²) in [6, 6.07) is 37.4. The van der Waals surface area contributed by atoms with E-state index in [-0.39, 0.29) is 11.8 Å². The summed E-state index contributed by atoms with van der Waals surface area (Å²) in [6.45, 7) is 0. The summed E-state index contributed by atoms with van der Waals surface area (Å²) < 4.78 is 12.7. The van der Waals surface area contributed by atoms with Crippen LogP contribution in [0.2, 0.25) is 0 Å². The molecule has 2 aliphatic rings. The topological polar surface area (TPSA) is 18.5 Å². The molecule has 2 heteroatoms. The van der Waals surface area contributed by atoms with E-state index in [1.807, 2.05) is 48.5 Å². The van der Waals surface area contributed by atoms with E-state index in [4.69, 9.17) is 9.47 Å². The van der Waals surface area contributed by atoms with Crippen molar-refractivity contribution in [3.8, 4) is 11.5 Å². The maximum Gasteiger partial charge on any atom is 0.131 e. The van der Waals surface area contributed by atoms with Crippen molar-refractivity contribution in [2.75, 3.05) is 0 Å². The van der Waals surface area contributed by atoms with Crippen molar-refractivity contribution < 1.29 is 9.47 Å². The Morgan fingerprint density at radius 3 is 1.22 bits per heavy atom. The molecule has 4 aromatic rings. The van der Waals surface area contributed by atoms with Gasteiger partial charge in [0.1, 0.15) is 23.0 Å². The van der Waals surface area contributed by atoms with Gasteiger partial charge in [0.15, 0.2) is 0 Å². The molecule has 2 nitrogen and oxygen atoms in total. The van der Waals surface area contributed by atoms with Crippen LogP contribution in [0.4, 0.5) is 0 Å². The quantitative estimate of drug-likeness (QED) is 0.347. The SMILES string of the molecule is C1=C(c2ccccc2)Oc2ccccc2C1C1C=C(c2ccccc2)Oc2ccccc21. The molecule has 2 heterocycles. The van der Waals surface area contributed by atoms with E-state index in [9.17, 15) is 0 Å². The molecule has 0 fully saturated rings. The van der Waals surface area contributed by atoms with E-state index in [0.717, 1.165) is 34.1 Å². The lowest BCUT2D eigenvalue weighted by atomic mass is 9.77. The van der Waals surface area contributed by atoms with Crippen LogP contribution in [0.5, 0.6) is 11.5 Å².